The summed E-state index contributed by atoms with van der Waals surface area (Å²) in [7, 11) is 0. The van der Waals surface area contributed by atoms with Gasteiger partial charge in [-0.2, -0.15) is 5.26 Å². The third-order valence-electron chi connectivity index (χ3n) is 2.02. The van der Waals surface area contributed by atoms with Crippen LogP contribution in [0.3, 0.4) is 0 Å². The van der Waals surface area contributed by atoms with E-state index in [9.17, 15) is 0 Å². The quantitative estimate of drug-likeness (QED) is 0.754. The Labute approximate surface area is 90.5 Å². The second kappa shape index (κ2) is 3.49. The summed E-state index contributed by atoms with van der Waals surface area (Å²) < 4.78 is 1.04. The highest BCUT2D eigenvalue weighted by Crippen LogP contribution is 2.33. The van der Waals surface area contributed by atoms with Gasteiger partial charge in [-0.05, 0) is 23.1 Å². The summed E-state index contributed by atoms with van der Waals surface area (Å²) in [6, 6.07) is 5.72. The number of benzene rings is 1. The van der Waals surface area contributed by atoms with E-state index in [2.05, 4.69) is 6.07 Å². The average molecular weight is 223 g/mol. The molecule has 0 fully saturated rings. The summed E-state index contributed by atoms with van der Waals surface area (Å²) in [5, 5.41) is 12.2. The van der Waals surface area contributed by atoms with E-state index in [4.69, 9.17) is 22.6 Å². The maximum Gasteiger partial charge on any atom is 0.0670 e. The maximum atomic E-state index is 8.63. The molecule has 2 N–H and O–H groups in total. The lowest BCUT2D eigenvalue weighted by atomic mass is 10.1. The van der Waals surface area contributed by atoms with Crippen LogP contribution < -0.4 is 5.73 Å². The fourth-order valence-electron chi connectivity index (χ4n) is 1.45. The zero-order chi connectivity index (χ0) is 10.1. The molecule has 1 heterocycles. The van der Waals surface area contributed by atoms with Crippen molar-refractivity contribution in [3.8, 4) is 6.07 Å². The maximum absolute atomic E-state index is 8.63. The number of hydrogen-bond donors (Lipinski definition) is 1. The van der Waals surface area contributed by atoms with Crippen molar-refractivity contribution in [1.29, 1.82) is 5.26 Å². The van der Waals surface area contributed by atoms with Crippen molar-refractivity contribution in [2.24, 2.45) is 0 Å². The Kier molecular flexibility index (Phi) is 2.32. The van der Waals surface area contributed by atoms with Crippen LogP contribution in [-0.4, -0.2) is 0 Å². The third kappa shape index (κ3) is 1.43. The van der Waals surface area contributed by atoms with Crippen LogP contribution in [0, 0.1) is 11.3 Å². The van der Waals surface area contributed by atoms with Gasteiger partial charge in [0.1, 0.15) is 0 Å². The summed E-state index contributed by atoms with van der Waals surface area (Å²) in [6.07, 6.45) is 0.395. The minimum atomic E-state index is 0.395. The molecule has 4 heteroatoms. The van der Waals surface area contributed by atoms with E-state index in [1.165, 1.54) is 0 Å². The number of anilines is 1. The zero-order valence-electron chi connectivity index (χ0n) is 7.25. The number of nitrogens with two attached hydrogens (primary N) is 1. The lowest BCUT2D eigenvalue weighted by Crippen LogP contribution is -1.88. The van der Waals surface area contributed by atoms with E-state index >= 15 is 0 Å². The van der Waals surface area contributed by atoms with Gasteiger partial charge < -0.3 is 5.73 Å². The zero-order valence-corrected chi connectivity index (χ0v) is 8.82. The van der Waals surface area contributed by atoms with E-state index in [1.807, 2.05) is 11.4 Å². The molecule has 0 aliphatic carbocycles. The average Bonchev–Trinajstić information content (AvgIpc) is 2.49. The Morgan fingerprint density at radius 2 is 2.29 bits per heavy atom. The molecule has 0 bridgehead atoms. The van der Waals surface area contributed by atoms with Crippen molar-refractivity contribution in [1.82, 2.24) is 0 Å². The number of rotatable bonds is 1. The third-order valence-corrected chi connectivity index (χ3v) is 3.21. The van der Waals surface area contributed by atoms with Crippen LogP contribution in [0.5, 0.6) is 0 Å². The highest BCUT2D eigenvalue weighted by molar-refractivity contribution is 7.17. The number of hydrogen-bond acceptors (Lipinski definition) is 3. The SMILES string of the molecule is N#CCc1csc2cc(Cl)cc(N)c12. The van der Waals surface area contributed by atoms with Crippen LogP contribution >= 0.6 is 22.9 Å². The molecule has 70 valence electrons. The second-order valence-electron chi connectivity index (χ2n) is 2.96. The lowest BCUT2D eigenvalue weighted by molar-refractivity contribution is 1.30. The van der Waals surface area contributed by atoms with E-state index in [-0.39, 0.29) is 0 Å². The Balaban J connectivity index is 2.74. The molecule has 2 aromatic rings. The molecule has 14 heavy (non-hydrogen) atoms. The van der Waals surface area contributed by atoms with E-state index in [1.54, 1.807) is 17.4 Å². The molecule has 0 aliphatic heterocycles. The number of nitrogen functional groups attached to an aromatic ring is 1. The first-order chi connectivity index (χ1) is 6.72. The van der Waals surface area contributed by atoms with Crippen molar-refractivity contribution < 1.29 is 0 Å². The van der Waals surface area contributed by atoms with Gasteiger partial charge in [-0.25, -0.2) is 0 Å². The summed E-state index contributed by atoms with van der Waals surface area (Å²) in [4.78, 5) is 0. The molecular weight excluding hydrogens is 216 g/mol. The molecule has 0 saturated heterocycles. The van der Waals surface area contributed by atoms with Crippen molar-refractivity contribution in [3.63, 3.8) is 0 Å². The van der Waals surface area contributed by atoms with Gasteiger partial charge in [-0.3, -0.25) is 0 Å². The monoisotopic (exact) mass is 222 g/mol. The van der Waals surface area contributed by atoms with Gasteiger partial charge >= 0.3 is 0 Å². The smallest absolute Gasteiger partial charge is 0.0670 e. The Morgan fingerprint density at radius 1 is 1.50 bits per heavy atom. The van der Waals surface area contributed by atoms with Crippen LogP contribution in [0.1, 0.15) is 5.56 Å². The van der Waals surface area contributed by atoms with Gasteiger partial charge in [-0.15, -0.1) is 11.3 Å². The van der Waals surface area contributed by atoms with Gasteiger partial charge in [0.05, 0.1) is 12.5 Å². The first-order valence-electron chi connectivity index (χ1n) is 4.04. The molecule has 0 unspecified atom stereocenters. The summed E-state index contributed by atoms with van der Waals surface area (Å²) in [5.74, 6) is 0. The van der Waals surface area contributed by atoms with Crippen LogP contribution in [0.4, 0.5) is 5.69 Å². The molecule has 0 aliphatic rings. The Bertz CT molecular complexity index is 525. The topological polar surface area (TPSA) is 49.8 Å². The fraction of sp³-hybridized carbons (Fsp3) is 0.100. The summed E-state index contributed by atoms with van der Waals surface area (Å²) in [6.45, 7) is 0. The summed E-state index contributed by atoms with van der Waals surface area (Å²) in [5.41, 5.74) is 7.48. The van der Waals surface area contributed by atoms with Crippen molar-refractivity contribution in [2.75, 3.05) is 5.73 Å². The molecule has 0 spiro atoms. The van der Waals surface area contributed by atoms with Gasteiger partial charge in [0.15, 0.2) is 0 Å². The molecule has 0 atom stereocenters. The van der Waals surface area contributed by atoms with Crippen LogP contribution in [-0.2, 0) is 6.42 Å². The highest BCUT2D eigenvalue weighted by atomic mass is 35.5. The lowest BCUT2D eigenvalue weighted by Gasteiger charge is -1.99. The predicted octanol–water partition coefficient (Wildman–Crippen LogP) is 3.20. The molecule has 0 amide bonds. The fourth-order valence-corrected chi connectivity index (χ4v) is 2.77. The Morgan fingerprint density at radius 3 is 3.00 bits per heavy atom. The number of nitriles is 1. The van der Waals surface area contributed by atoms with Crippen LogP contribution in [0.15, 0.2) is 17.5 Å². The first kappa shape index (κ1) is 9.32. The summed E-state index contributed by atoms with van der Waals surface area (Å²) >= 11 is 7.44. The van der Waals surface area contributed by atoms with Gasteiger partial charge in [0.25, 0.3) is 0 Å². The number of fused-ring (bicyclic) bond motifs is 1. The molecule has 1 aromatic heterocycles. The number of halogens is 1. The minimum Gasteiger partial charge on any atom is -0.398 e. The minimum absolute atomic E-state index is 0.395. The second-order valence-corrected chi connectivity index (χ2v) is 4.31. The van der Waals surface area contributed by atoms with Crippen molar-refractivity contribution >= 4 is 38.7 Å². The first-order valence-corrected chi connectivity index (χ1v) is 5.30. The molecular formula is C10H7ClN2S. The molecule has 0 radical (unpaired) electrons. The van der Waals surface area contributed by atoms with Crippen molar-refractivity contribution in [3.05, 3.63) is 28.1 Å². The predicted molar refractivity (Wildman–Crippen MR) is 60.6 cm³/mol. The normalized spacial score (nSPS) is 10.3. The van der Waals surface area contributed by atoms with Gasteiger partial charge in [0, 0.05) is 20.8 Å². The number of thiophene rings is 1. The van der Waals surface area contributed by atoms with Crippen molar-refractivity contribution in [2.45, 2.75) is 6.42 Å². The standard InChI is InChI=1S/C10H7ClN2S/c11-7-3-8(13)10-6(1-2-12)5-14-9(10)4-7/h3-5H,1,13H2. The molecule has 0 saturated carbocycles. The van der Waals surface area contributed by atoms with E-state index in [0.717, 1.165) is 15.6 Å². The Hall–Kier alpha value is -1.24. The van der Waals surface area contributed by atoms with E-state index < -0.39 is 0 Å². The molecule has 2 rings (SSSR count). The highest BCUT2D eigenvalue weighted by Gasteiger charge is 2.07. The molecule has 2 nitrogen and oxygen atoms in total. The number of nitrogens with zero attached hydrogens (tertiary/aromatic N) is 1. The van der Waals surface area contributed by atoms with Crippen LogP contribution in [0.25, 0.3) is 10.1 Å². The van der Waals surface area contributed by atoms with E-state index in [0.29, 0.717) is 17.1 Å². The molecule has 1 aromatic carbocycles. The van der Waals surface area contributed by atoms with Gasteiger partial charge in [-0.1, -0.05) is 11.6 Å². The van der Waals surface area contributed by atoms with Crippen LogP contribution in [0.2, 0.25) is 5.02 Å². The van der Waals surface area contributed by atoms with Gasteiger partial charge in [0.2, 0.25) is 0 Å². The largest absolute Gasteiger partial charge is 0.398 e.